The molecule has 0 aliphatic carbocycles. The SMILES string of the molecule is Cl.Cl.NCCC(=O)N1CCCN(S(=O)(=O)c2cccc3cnccc23)CC1. The molecule has 3 rings (SSSR count). The van der Waals surface area contributed by atoms with Gasteiger partial charge < -0.3 is 10.6 Å². The molecule has 1 aliphatic heterocycles. The Balaban J connectivity index is 0.00000182. The highest BCUT2D eigenvalue weighted by Gasteiger charge is 2.29. The fourth-order valence-electron chi connectivity index (χ4n) is 3.12. The predicted octanol–water partition coefficient (Wildman–Crippen LogP) is 1.65. The van der Waals surface area contributed by atoms with Crippen LogP contribution in [0.5, 0.6) is 0 Å². The normalized spacial score (nSPS) is 15.5. The Bertz CT molecular complexity index is 874. The molecule has 1 fully saturated rings. The molecule has 0 atom stereocenters. The number of fused-ring (bicyclic) bond motifs is 1. The number of pyridine rings is 1. The standard InChI is InChI=1S/C17H22N4O3S.2ClH/c18-7-5-17(22)20-9-2-10-21(12-11-20)25(23,24)16-4-1-3-14-13-19-8-6-15(14)16;;/h1,3-4,6,8,13H,2,5,7,9-12,18H2;2*1H. The minimum Gasteiger partial charge on any atom is -0.341 e. The topological polar surface area (TPSA) is 96.6 Å². The summed E-state index contributed by atoms with van der Waals surface area (Å²) in [6, 6.07) is 6.92. The van der Waals surface area contributed by atoms with Crippen LogP contribution in [-0.4, -0.2) is 61.2 Å². The maximum Gasteiger partial charge on any atom is 0.243 e. The van der Waals surface area contributed by atoms with Gasteiger partial charge in [0, 0.05) is 62.3 Å². The zero-order valence-corrected chi connectivity index (χ0v) is 17.2. The molecular weight excluding hydrogens is 411 g/mol. The van der Waals surface area contributed by atoms with Crippen molar-refractivity contribution in [3.05, 3.63) is 36.7 Å². The van der Waals surface area contributed by atoms with Crippen LogP contribution in [0.15, 0.2) is 41.6 Å². The first kappa shape index (κ1) is 23.6. The monoisotopic (exact) mass is 434 g/mol. The zero-order valence-electron chi connectivity index (χ0n) is 14.8. The second-order valence-electron chi connectivity index (χ2n) is 6.03. The summed E-state index contributed by atoms with van der Waals surface area (Å²) in [6.45, 7) is 1.95. The quantitative estimate of drug-likeness (QED) is 0.788. The van der Waals surface area contributed by atoms with Gasteiger partial charge in [-0.15, -0.1) is 24.8 Å². The summed E-state index contributed by atoms with van der Waals surface area (Å²) in [5.74, 6) is -0.0158. The minimum absolute atomic E-state index is 0. The van der Waals surface area contributed by atoms with Gasteiger partial charge in [-0.2, -0.15) is 4.31 Å². The van der Waals surface area contributed by atoms with Crippen molar-refractivity contribution in [2.45, 2.75) is 17.7 Å². The van der Waals surface area contributed by atoms with E-state index < -0.39 is 10.0 Å². The Labute approximate surface area is 171 Å². The lowest BCUT2D eigenvalue weighted by Gasteiger charge is -2.22. The van der Waals surface area contributed by atoms with Crippen molar-refractivity contribution < 1.29 is 13.2 Å². The lowest BCUT2D eigenvalue weighted by Crippen LogP contribution is -2.37. The van der Waals surface area contributed by atoms with E-state index >= 15 is 0 Å². The van der Waals surface area contributed by atoms with Crippen LogP contribution in [0.1, 0.15) is 12.8 Å². The Hall–Kier alpha value is -1.45. The fraction of sp³-hybridized carbons (Fsp3) is 0.412. The third-order valence-electron chi connectivity index (χ3n) is 4.42. The number of nitrogens with zero attached hydrogens (tertiary/aromatic N) is 3. The summed E-state index contributed by atoms with van der Waals surface area (Å²) in [5.41, 5.74) is 5.44. The lowest BCUT2D eigenvalue weighted by atomic mass is 10.2. The molecule has 0 saturated carbocycles. The summed E-state index contributed by atoms with van der Waals surface area (Å²) >= 11 is 0. The van der Waals surface area contributed by atoms with Crippen LogP contribution in [0.2, 0.25) is 0 Å². The second-order valence-corrected chi connectivity index (χ2v) is 7.94. The number of carbonyl (C=O) groups is 1. The first-order valence-electron chi connectivity index (χ1n) is 8.35. The number of sulfonamides is 1. The molecule has 7 nitrogen and oxygen atoms in total. The average Bonchev–Trinajstić information content (AvgIpc) is 2.88. The van der Waals surface area contributed by atoms with Gasteiger partial charge in [0.1, 0.15) is 0 Å². The van der Waals surface area contributed by atoms with Gasteiger partial charge in [-0.05, 0) is 18.6 Å². The van der Waals surface area contributed by atoms with E-state index in [1.165, 1.54) is 4.31 Å². The molecule has 1 aromatic carbocycles. The highest BCUT2D eigenvalue weighted by Crippen LogP contribution is 2.25. The molecule has 0 bridgehead atoms. The molecule has 2 aromatic rings. The van der Waals surface area contributed by atoms with Crippen molar-refractivity contribution in [1.29, 1.82) is 0 Å². The molecule has 0 spiro atoms. The number of aromatic nitrogens is 1. The third-order valence-corrected chi connectivity index (χ3v) is 6.38. The van der Waals surface area contributed by atoms with Crippen LogP contribution in [-0.2, 0) is 14.8 Å². The maximum atomic E-state index is 13.1. The number of rotatable bonds is 4. The minimum atomic E-state index is -3.63. The van der Waals surface area contributed by atoms with Crippen molar-refractivity contribution in [1.82, 2.24) is 14.2 Å². The van der Waals surface area contributed by atoms with Crippen molar-refractivity contribution in [2.75, 3.05) is 32.7 Å². The van der Waals surface area contributed by atoms with E-state index in [-0.39, 0.29) is 35.6 Å². The molecule has 1 amide bonds. The highest BCUT2D eigenvalue weighted by atomic mass is 35.5. The zero-order chi connectivity index (χ0) is 17.9. The predicted molar refractivity (Wildman–Crippen MR) is 110 cm³/mol. The largest absolute Gasteiger partial charge is 0.341 e. The van der Waals surface area contributed by atoms with Crippen molar-refractivity contribution in [3.63, 3.8) is 0 Å². The summed E-state index contributed by atoms with van der Waals surface area (Å²) in [4.78, 5) is 18.1. The van der Waals surface area contributed by atoms with E-state index in [0.29, 0.717) is 51.0 Å². The second kappa shape index (κ2) is 10.2. The van der Waals surface area contributed by atoms with Crippen LogP contribution in [0.3, 0.4) is 0 Å². The summed E-state index contributed by atoms with van der Waals surface area (Å²) in [6.07, 6.45) is 4.16. The van der Waals surface area contributed by atoms with Crippen LogP contribution in [0.4, 0.5) is 0 Å². The molecule has 27 heavy (non-hydrogen) atoms. The van der Waals surface area contributed by atoms with Crippen molar-refractivity contribution >= 4 is 51.5 Å². The first-order chi connectivity index (χ1) is 12.0. The molecule has 2 N–H and O–H groups in total. The van der Waals surface area contributed by atoms with Crippen molar-refractivity contribution in [2.24, 2.45) is 5.73 Å². The Morgan fingerprint density at radius 1 is 1.11 bits per heavy atom. The van der Waals surface area contributed by atoms with E-state index in [4.69, 9.17) is 5.73 Å². The maximum absolute atomic E-state index is 13.1. The van der Waals surface area contributed by atoms with Gasteiger partial charge in [-0.1, -0.05) is 12.1 Å². The number of nitrogens with two attached hydrogens (primary N) is 1. The smallest absolute Gasteiger partial charge is 0.243 e. The van der Waals surface area contributed by atoms with Crippen LogP contribution >= 0.6 is 24.8 Å². The van der Waals surface area contributed by atoms with Gasteiger partial charge in [-0.25, -0.2) is 8.42 Å². The van der Waals surface area contributed by atoms with Gasteiger partial charge in [0.2, 0.25) is 15.9 Å². The number of hydrogen-bond acceptors (Lipinski definition) is 5. The first-order valence-corrected chi connectivity index (χ1v) is 9.79. The molecule has 10 heteroatoms. The van der Waals surface area contributed by atoms with Crippen LogP contribution in [0.25, 0.3) is 10.8 Å². The fourth-order valence-corrected chi connectivity index (χ4v) is 4.81. The lowest BCUT2D eigenvalue weighted by molar-refractivity contribution is -0.130. The summed E-state index contributed by atoms with van der Waals surface area (Å²) < 4.78 is 27.7. The molecule has 0 unspecified atom stereocenters. The Morgan fingerprint density at radius 2 is 1.89 bits per heavy atom. The molecule has 1 saturated heterocycles. The molecule has 1 aliphatic rings. The highest BCUT2D eigenvalue weighted by molar-refractivity contribution is 7.89. The van der Waals surface area contributed by atoms with Gasteiger partial charge in [0.15, 0.2) is 0 Å². The molecular formula is C17H24Cl2N4O3S. The van der Waals surface area contributed by atoms with Gasteiger partial charge >= 0.3 is 0 Å². The average molecular weight is 435 g/mol. The number of amides is 1. The summed E-state index contributed by atoms with van der Waals surface area (Å²) in [7, 11) is -3.63. The van der Waals surface area contributed by atoms with Gasteiger partial charge in [0.25, 0.3) is 0 Å². The van der Waals surface area contributed by atoms with Crippen molar-refractivity contribution in [3.8, 4) is 0 Å². The Morgan fingerprint density at radius 3 is 2.63 bits per heavy atom. The molecule has 150 valence electrons. The number of benzene rings is 1. The molecule has 2 heterocycles. The third kappa shape index (κ3) is 5.08. The number of halogens is 2. The van der Waals surface area contributed by atoms with E-state index in [2.05, 4.69) is 4.98 Å². The number of hydrogen-bond donors (Lipinski definition) is 1. The molecule has 1 aromatic heterocycles. The Kier molecular flexibility index (Phi) is 8.90. The van der Waals surface area contributed by atoms with Gasteiger partial charge in [0.05, 0.1) is 4.90 Å². The van der Waals surface area contributed by atoms with E-state index in [1.807, 2.05) is 6.07 Å². The van der Waals surface area contributed by atoms with E-state index in [9.17, 15) is 13.2 Å². The molecule has 0 radical (unpaired) electrons. The van der Waals surface area contributed by atoms with E-state index in [0.717, 1.165) is 5.39 Å². The van der Waals surface area contributed by atoms with Gasteiger partial charge in [-0.3, -0.25) is 9.78 Å². The number of carbonyl (C=O) groups excluding carboxylic acids is 1. The summed E-state index contributed by atoms with van der Waals surface area (Å²) in [5, 5.41) is 1.45. The van der Waals surface area contributed by atoms with Crippen LogP contribution < -0.4 is 5.73 Å². The van der Waals surface area contributed by atoms with E-state index in [1.54, 1.807) is 35.5 Å². The van der Waals surface area contributed by atoms with Crippen LogP contribution in [0, 0.1) is 0 Å².